The van der Waals surface area contributed by atoms with E-state index in [1.54, 1.807) is 7.11 Å². The standard InChI is InChI=1S/C14H23NO3/c1-4-17-11-12(2)15-13-5-7-14(8-6-13)18-10-9-16-3/h5-8,12,15H,4,9-11H2,1-3H3. The molecule has 0 aliphatic heterocycles. The number of hydrogen-bond donors (Lipinski definition) is 1. The van der Waals surface area contributed by atoms with Gasteiger partial charge >= 0.3 is 0 Å². The van der Waals surface area contributed by atoms with Crippen molar-refractivity contribution in [3.63, 3.8) is 0 Å². The summed E-state index contributed by atoms with van der Waals surface area (Å²) < 4.78 is 15.8. The van der Waals surface area contributed by atoms with Crippen LogP contribution in [0.25, 0.3) is 0 Å². The van der Waals surface area contributed by atoms with E-state index in [1.165, 1.54) is 0 Å². The molecule has 0 aromatic heterocycles. The predicted molar refractivity (Wildman–Crippen MR) is 73.4 cm³/mol. The highest BCUT2D eigenvalue weighted by Crippen LogP contribution is 2.16. The second kappa shape index (κ2) is 8.78. The Balaban J connectivity index is 2.35. The molecule has 0 radical (unpaired) electrons. The van der Waals surface area contributed by atoms with Crippen LogP contribution in [0.4, 0.5) is 5.69 Å². The molecular weight excluding hydrogens is 230 g/mol. The zero-order valence-electron chi connectivity index (χ0n) is 11.4. The summed E-state index contributed by atoms with van der Waals surface area (Å²) in [5.41, 5.74) is 1.07. The van der Waals surface area contributed by atoms with Gasteiger partial charge in [0.2, 0.25) is 0 Å². The van der Waals surface area contributed by atoms with Crippen LogP contribution in [0.3, 0.4) is 0 Å². The summed E-state index contributed by atoms with van der Waals surface area (Å²) in [6.45, 7) is 6.73. The average molecular weight is 253 g/mol. The lowest BCUT2D eigenvalue weighted by molar-refractivity contribution is 0.141. The third-order valence-electron chi connectivity index (χ3n) is 2.40. The monoisotopic (exact) mass is 253 g/mol. The van der Waals surface area contributed by atoms with Crippen molar-refractivity contribution < 1.29 is 14.2 Å². The lowest BCUT2D eigenvalue weighted by Gasteiger charge is -2.15. The highest BCUT2D eigenvalue weighted by atomic mass is 16.5. The van der Waals surface area contributed by atoms with Crippen molar-refractivity contribution in [2.45, 2.75) is 19.9 Å². The van der Waals surface area contributed by atoms with Gasteiger partial charge in [0.05, 0.1) is 13.2 Å². The zero-order chi connectivity index (χ0) is 13.2. The van der Waals surface area contributed by atoms with Gasteiger partial charge in [-0.15, -0.1) is 0 Å². The molecule has 0 aliphatic carbocycles. The van der Waals surface area contributed by atoms with Gasteiger partial charge in [0, 0.05) is 25.4 Å². The molecule has 0 heterocycles. The fourth-order valence-corrected chi connectivity index (χ4v) is 1.51. The molecule has 0 saturated heterocycles. The van der Waals surface area contributed by atoms with Gasteiger partial charge in [0.1, 0.15) is 12.4 Å². The Morgan fingerprint density at radius 1 is 1.17 bits per heavy atom. The summed E-state index contributed by atoms with van der Waals surface area (Å²) in [5, 5.41) is 3.37. The predicted octanol–water partition coefficient (Wildman–Crippen LogP) is 2.55. The minimum Gasteiger partial charge on any atom is -0.491 e. The molecule has 4 heteroatoms. The first-order valence-corrected chi connectivity index (χ1v) is 6.32. The van der Waals surface area contributed by atoms with Crippen molar-refractivity contribution in [2.75, 3.05) is 38.9 Å². The molecule has 1 atom stereocenters. The van der Waals surface area contributed by atoms with Crippen molar-refractivity contribution >= 4 is 5.69 Å². The fourth-order valence-electron chi connectivity index (χ4n) is 1.51. The number of nitrogens with one attached hydrogen (secondary N) is 1. The summed E-state index contributed by atoms with van der Waals surface area (Å²) >= 11 is 0. The van der Waals surface area contributed by atoms with Crippen LogP contribution in [-0.4, -0.2) is 39.6 Å². The van der Waals surface area contributed by atoms with Crippen LogP contribution in [0.1, 0.15) is 13.8 Å². The highest BCUT2D eigenvalue weighted by molar-refractivity contribution is 5.46. The number of methoxy groups -OCH3 is 1. The first-order chi connectivity index (χ1) is 8.76. The number of anilines is 1. The molecule has 0 bridgehead atoms. The van der Waals surface area contributed by atoms with Crippen LogP contribution in [0, 0.1) is 0 Å². The van der Waals surface area contributed by atoms with Crippen LogP contribution in [0.2, 0.25) is 0 Å². The average Bonchev–Trinajstić information content (AvgIpc) is 2.39. The van der Waals surface area contributed by atoms with Crippen molar-refractivity contribution in [1.29, 1.82) is 0 Å². The fraction of sp³-hybridized carbons (Fsp3) is 0.571. The van der Waals surface area contributed by atoms with Gasteiger partial charge in [0.25, 0.3) is 0 Å². The van der Waals surface area contributed by atoms with Gasteiger partial charge in [-0.3, -0.25) is 0 Å². The van der Waals surface area contributed by atoms with Crippen molar-refractivity contribution in [2.24, 2.45) is 0 Å². The summed E-state index contributed by atoms with van der Waals surface area (Å²) in [7, 11) is 1.66. The van der Waals surface area contributed by atoms with Crippen LogP contribution in [0.5, 0.6) is 5.75 Å². The normalized spacial score (nSPS) is 12.2. The second-order valence-electron chi connectivity index (χ2n) is 4.07. The summed E-state index contributed by atoms with van der Waals surface area (Å²) in [5.74, 6) is 0.857. The van der Waals surface area contributed by atoms with Crippen molar-refractivity contribution in [3.8, 4) is 5.75 Å². The van der Waals surface area contributed by atoms with E-state index in [2.05, 4.69) is 12.2 Å². The number of benzene rings is 1. The van der Waals surface area contributed by atoms with E-state index >= 15 is 0 Å². The maximum Gasteiger partial charge on any atom is 0.119 e. The van der Waals surface area contributed by atoms with Gasteiger partial charge in [0.15, 0.2) is 0 Å². The van der Waals surface area contributed by atoms with Crippen LogP contribution in [0.15, 0.2) is 24.3 Å². The first kappa shape index (κ1) is 14.8. The molecule has 1 unspecified atom stereocenters. The van der Waals surface area contributed by atoms with Gasteiger partial charge in [-0.25, -0.2) is 0 Å². The summed E-state index contributed by atoms with van der Waals surface area (Å²) in [6.07, 6.45) is 0. The highest BCUT2D eigenvalue weighted by Gasteiger charge is 2.01. The molecule has 0 aliphatic rings. The third-order valence-corrected chi connectivity index (χ3v) is 2.40. The van der Waals surface area contributed by atoms with E-state index in [1.807, 2.05) is 31.2 Å². The van der Waals surface area contributed by atoms with Crippen LogP contribution in [-0.2, 0) is 9.47 Å². The van der Waals surface area contributed by atoms with E-state index < -0.39 is 0 Å². The molecule has 0 saturated carbocycles. The minimum absolute atomic E-state index is 0.296. The Kier molecular flexibility index (Phi) is 7.22. The summed E-state index contributed by atoms with van der Waals surface area (Å²) in [6, 6.07) is 8.21. The molecule has 1 N–H and O–H groups in total. The molecule has 0 amide bonds. The lowest BCUT2D eigenvalue weighted by atomic mass is 10.2. The van der Waals surface area contributed by atoms with Gasteiger partial charge in [-0.2, -0.15) is 0 Å². The summed E-state index contributed by atoms with van der Waals surface area (Å²) in [4.78, 5) is 0. The molecule has 0 spiro atoms. The minimum atomic E-state index is 0.296. The smallest absolute Gasteiger partial charge is 0.119 e. The van der Waals surface area contributed by atoms with Crippen molar-refractivity contribution in [1.82, 2.24) is 0 Å². The molecular formula is C14H23NO3. The lowest BCUT2D eigenvalue weighted by Crippen LogP contribution is -2.21. The van der Waals surface area contributed by atoms with E-state index in [9.17, 15) is 0 Å². The van der Waals surface area contributed by atoms with E-state index in [0.717, 1.165) is 18.0 Å². The quantitative estimate of drug-likeness (QED) is 0.687. The SMILES string of the molecule is CCOCC(C)Nc1ccc(OCCOC)cc1. The number of rotatable bonds is 9. The Hall–Kier alpha value is -1.26. The van der Waals surface area contributed by atoms with Gasteiger partial charge in [-0.1, -0.05) is 0 Å². The Bertz CT molecular complexity index is 313. The Labute approximate surface area is 109 Å². The molecule has 0 fully saturated rings. The zero-order valence-corrected chi connectivity index (χ0v) is 11.4. The third kappa shape index (κ3) is 5.89. The molecule has 4 nitrogen and oxygen atoms in total. The second-order valence-corrected chi connectivity index (χ2v) is 4.07. The molecule has 1 aromatic rings. The maximum atomic E-state index is 5.49. The van der Waals surface area contributed by atoms with Gasteiger partial charge < -0.3 is 19.5 Å². The Morgan fingerprint density at radius 2 is 1.89 bits per heavy atom. The van der Waals surface area contributed by atoms with E-state index in [-0.39, 0.29) is 0 Å². The first-order valence-electron chi connectivity index (χ1n) is 6.32. The van der Waals surface area contributed by atoms with Crippen LogP contribution < -0.4 is 10.1 Å². The Morgan fingerprint density at radius 3 is 2.50 bits per heavy atom. The molecule has 102 valence electrons. The number of ether oxygens (including phenoxy) is 3. The van der Waals surface area contributed by atoms with E-state index in [0.29, 0.717) is 25.9 Å². The van der Waals surface area contributed by atoms with E-state index in [4.69, 9.17) is 14.2 Å². The largest absolute Gasteiger partial charge is 0.491 e. The van der Waals surface area contributed by atoms with Crippen molar-refractivity contribution in [3.05, 3.63) is 24.3 Å². The molecule has 18 heavy (non-hydrogen) atoms. The number of hydrogen-bond acceptors (Lipinski definition) is 4. The topological polar surface area (TPSA) is 39.7 Å². The molecule has 1 aromatic carbocycles. The maximum absolute atomic E-state index is 5.49. The molecule has 1 rings (SSSR count). The van der Waals surface area contributed by atoms with Crippen LogP contribution >= 0.6 is 0 Å². The van der Waals surface area contributed by atoms with Gasteiger partial charge in [-0.05, 0) is 38.1 Å².